The van der Waals surface area contributed by atoms with Crippen LogP contribution in [0.4, 0.5) is 0 Å². The van der Waals surface area contributed by atoms with Crippen LogP contribution in [0.1, 0.15) is 5.69 Å². The van der Waals surface area contributed by atoms with Crippen molar-refractivity contribution in [3.63, 3.8) is 0 Å². The first-order valence-corrected chi connectivity index (χ1v) is 11.8. The standard InChI is InChI=1S/C28H18ClN7O/c29-20-8-12-23(13-9-20)35-26(19-6-10-22(11-7-19)34-17-21(14-15-30)31-18-34)33-27-25(28(35)37)16-32-36(27)24-4-2-1-3-5-24/h1-13,16-18H,14H2. The highest BCUT2D eigenvalue weighted by Gasteiger charge is 2.18. The van der Waals surface area contributed by atoms with E-state index < -0.39 is 0 Å². The van der Waals surface area contributed by atoms with Crippen molar-refractivity contribution in [2.75, 3.05) is 0 Å². The van der Waals surface area contributed by atoms with Crippen LogP contribution in [0, 0.1) is 11.3 Å². The third-order valence-electron chi connectivity index (χ3n) is 6.01. The molecule has 8 nitrogen and oxygen atoms in total. The molecule has 0 bridgehead atoms. The highest BCUT2D eigenvalue weighted by molar-refractivity contribution is 6.30. The maximum atomic E-state index is 13.8. The number of benzene rings is 3. The van der Waals surface area contributed by atoms with Crippen molar-refractivity contribution in [1.82, 2.24) is 28.9 Å². The average molecular weight is 504 g/mol. The minimum Gasteiger partial charge on any atom is -0.306 e. The molecule has 0 saturated carbocycles. The lowest BCUT2D eigenvalue weighted by Gasteiger charge is -2.14. The number of hydrogen-bond acceptors (Lipinski definition) is 5. The molecule has 3 heterocycles. The molecule has 6 rings (SSSR count). The van der Waals surface area contributed by atoms with Gasteiger partial charge in [-0.05, 0) is 60.7 Å². The third kappa shape index (κ3) is 4.07. The number of rotatable bonds is 5. The molecule has 0 aliphatic rings. The van der Waals surface area contributed by atoms with Gasteiger partial charge < -0.3 is 4.57 Å². The molecule has 0 amide bonds. The monoisotopic (exact) mass is 503 g/mol. The molecule has 0 aliphatic carbocycles. The zero-order valence-electron chi connectivity index (χ0n) is 19.4. The Morgan fingerprint density at radius 2 is 1.62 bits per heavy atom. The lowest BCUT2D eigenvalue weighted by Crippen LogP contribution is -2.22. The number of nitriles is 1. The minimum atomic E-state index is -0.232. The van der Waals surface area contributed by atoms with Crippen LogP contribution in [0.15, 0.2) is 102 Å². The van der Waals surface area contributed by atoms with E-state index in [4.69, 9.17) is 21.8 Å². The van der Waals surface area contributed by atoms with Gasteiger partial charge in [0.2, 0.25) is 0 Å². The molecule has 178 valence electrons. The molecular weight excluding hydrogens is 486 g/mol. The van der Waals surface area contributed by atoms with Gasteiger partial charge in [-0.3, -0.25) is 9.36 Å². The SMILES string of the molecule is N#CCc1cn(-c2ccc(-c3nc4c(cnn4-c4ccccc4)c(=O)n3-c3ccc(Cl)cc3)cc2)cn1. The maximum Gasteiger partial charge on any atom is 0.269 e. The normalized spacial score (nSPS) is 11.0. The van der Waals surface area contributed by atoms with Crippen molar-refractivity contribution in [3.05, 3.63) is 119 Å². The van der Waals surface area contributed by atoms with Gasteiger partial charge in [0, 0.05) is 22.5 Å². The third-order valence-corrected chi connectivity index (χ3v) is 6.26. The van der Waals surface area contributed by atoms with E-state index in [1.807, 2.05) is 65.4 Å². The molecule has 3 aromatic heterocycles. The number of para-hydroxylation sites is 1. The van der Waals surface area contributed by atoms with Gasteiger partial charge in [0.15, 0.2) is 5.65 Å². The van der Waals surface area contributed by atoms with Gasteiger partial charge in [0.1, 0.15) is 11.2 Å². The summed E-state index contributed by atoms with van der Waals surface area (Å²) in [5.74, 6) is 0.472. The van der Waals surface area contributed by atoms with E-state index in [0.29, 0.717) is 33.3 Å². The minimum absolute atomic E-state index is 0.232. The number of imidazole rings is 1. The molecule has 0 saturated heterocycles. The molecule has 9 heteroatoms. The summed E-state index contributed by atoms with van der Waals surface area (Å²) in [6.45, 7) is 0. The van der Waals surface area contributed by atoms with Crippen LogP contribution in [-0.2, 0) is 6.42 Å². The largest absolute Gasteiger partial charge is 0.306 e. The lowest BCUT2D eigenvalue weighted by molar-refractivity contribution is 0.888. The molecule has 0 radical (unpaired) electrons. The summed E-state index contributed by atoms with van der Waals surface area (Å²) in [5, 5.41) is 14.4. The summed E-state index contributed by atoms with van der Waals surface area (Å²) in [6.07, 6.45) is 5.30. The van der Waals surface area contributed by atoms with Crippen molar-refractivity contribution in [2.24, 2.45) is 0 Å². The second-order valence-electron chi connectivity index (χ2n) is 8.34. The maximum absolute atomic E-state index is 13.8. The van der Waals surface area contributed by atoms with E-state index in [1.165, 1.54) is 0 Å². The lowest BCUT2D eigenvalue weighted by atomic mass is 10.1. The van der Waals surface area contributed by atoms with Crippen LogP contribution in [0.5, 0.6) is 0 Å². The number of nitrogens with zero attached hydrogens (tertiary/aromatic N) is 7. The predicted octanol–water partition coefficient (Wildman–Crippen LogP) is 5.14. The molecule has 0 fully saturated rings. The van der Waals surface area contributed by atoms with E-state index in [2.05, 4.69) is 16.2 Å². The molecular formula is C28H18ClN7O. The Balaban J connectivity index is 1.54. The van der Waals surface area contributed by atoms with Crippen molar-refractivity contribution in [3.8, 4) is 34.5 Å². The summed E-state index contributed by atoms with van der Waals surface area (Å²) in [7, 11) is 0. The molecule has 0 spiro atoms. The second-order valence-corrected chi connectivity index (χ2v) is 8.77. The zero-order valence-corrected chi connectivity index (χ0v) is 20.1. The Labute approximate surface area is 216 Å². The number of aromatic nitrogens is 6. The van der Waals surface area contributed by atoms with Crippen LogP contribution < -0.4 is 5.56 Å². The van der Waals surface area contributed by atoms with Gasteiger partial charge in [0.25, 0.3) is 5.56 Å². The fraction of sp³-hybridized carbons (Fsp3) is 0.0357. The number of hydrogen-bond donors (Lipinski definition) is 0. The Morgan fingerprint density at radius 3 is 2.35 bits per heavy atom. The van der Waals surface area contributed by atoms with Gasteiger partial charge in [-0.2, -0.15) is 10.4 Å². The number of fused-ring (bicyclic) bond motifs is 1. The van der Waals surface area contributed by atoms with Crippen molar-refractivity contribution >= 4 is 22.6 Å². The van der Waals surface area contributed by atoms with Gasteiger partial charge in [-0.15, -0.1) is 0 Å². The Morgan fingerprint density at radius 1 is 0.892 bits per heavy atom. The quantitative estimate of drug-likeness (QED) is 0.324. The van der Waals surface area contributed by atoms with Crippen LogP contribution in [0.2, 0.25) is 5.02 Å². The molecule has 37 heavy (non-hydrogen) atoms. The van der Waals surface area contributed by atoms with Gasteiger partial charge in [-0.25, -0.2) is 14.6 Å². The van der Waals surface area contributed by atoms with Crippen molar-refractivity contribution in [1.29, 1.82) is 5.26 Å². The van der Waals surface area contributed by atoms with Crippen LogP contribution in [0.25, 0.3) is 39.5 Å². The molecule has 0 N–H and O–H groups in total. The summed E-state index contributed by atoms with van der Waals surface area (Å²) in [5.41, 5.74) is 4.01. The summed E-state index contributed by atoms with van der Waals surface area (Å²) in [6, 6.07) is 26.4. The molecule has 3 aromatic carbocycles. The summed E-state index contributed by atoms with van der Waals surface area (Å²) >= 11 is 6.12. The Bertz CT molecular complexity index is 1830. The first-order valence-electron chi connectivity index (χ1n) is 11.4. The predicted molar refractivity (Wildman–Crippen MR) is 141 cm³/mol. The first kappa shape index (κ1) is 22.5. The summed E-state index contributed by atoms with van der Waals surface area (Å²) < 4.78 is 5.10. The highest BCUT2D eigenvalue weighted by atomic mass is 35.5. The van der Waals surface area contributed by atoms with Gasteiger partial charge >= 0.3 is 0 Å². The van der Waals surface area contributed by atoms with Gasteiger partial charge in [0.05, 0.1) is 42.1 Å². The zero-order chi connectivity index (χ0) is 25.4. The fourth-order valence-electron chi connectivity index (χ4n) is 4.21. The van der Waals surface area contributed by atoms with E-state index >= 15 is 0 Å². The Kier molecular flexibility index (Phi) is 5.60. The second kappa shape index (κ2) is 9.22. The number of halogens is 1. The molecule has 0 unspecified atom stereocenters. The van der Waals surface area contributed by atoms with E-state index in [9.17, 15) is 4.79 Å². The van der Waals surface area contributed by atoms with Gasteiger partial charge in [-0.1, -0.05) is 29.8 Å². The summed E-state index contributed by atoms with van der Waals surface area (Å²) in [4.78, 5) is 23.0. The van der Waals surface area contributed by atoms with Crippen molar-refractivity contribution in [2.45, 2.75) is 6.42 Å². The molecule has 0 atom stereocenters. The molecule has 0 aliphatic heterocycles. The van der Waals surface area contributed by atoms with E-state index in [-0.39, 0.29) is 12.0 Å². The Hall–Kier alpha value is -5.00. The fourth-order valence-corrected chi connectivity index (χ4v) is 4.33. The van der Waals surface area contributed by atoms with Crippen molar-refractivity contribution < 1.29 is 0 Å². The van der Waals surface area contributed by atoms with E-state index in [0.717, 1.165) is 16.9 Å². The van der Waals surface area contributed by atoms with Crippen LogP contribution in [-0.4, -0.2) is 28.9 Å². The first-order chi connectivity index (χ1) is 18.1. The van der Waals surface area contributed by atoms with Crippen LogP contribution in [0.3, 0.4) is 0 Å². The topological polar surface area (TPSA) is 94.3 Å². The highest BCUT2D eigenvalue weighted by Crippen LogP contribution is 2.25. The smallest absolute Gasteiger partial charge is 0.269 e. The average Bonchev–Trinajstić information content (AvgIpc) is 3.58. The van der Waals surface area contributed by atoms with E-state index in [1.54, 1.807) is 46.0 Å². The van der Waals surface area contributed by atoms with Crippen LogP contribution >= 0.6 is 11.6 Å². The molecule has 6 aromatic rings.